The largest absolute Gasteiger partial charge is 0.478 e. The minimum Gasteiger partial charge on any atom is -0.478 e. The van der Waals surface area contributed by atoms with Gasteiger partial charge in [0.05, 0.1) is 28.7 Å². The molecule has 3 aromatic heterocycles. The van der Waals surface area contributed by atoms with Gasteiger partial charge in [-0.25, -0.2) is 9.78 Å². The zero-order valence-electron chi connectivity index (χ0n) is 20.2. The number of hydrogen-bond acceptors (Lipinski definition) is 5. The average molecular weight is 503 g/mol. The lowest BCUT2D eigenvalue weighted by molar-refractivity contribution is 0.0696. The number of aromatic carboxylic acids is 1. The molecule has 3 heterocycles. The zero-order valence-corrected chi connectivity index (χ0v) is 20.2. The molecule has 0 saturated carbocycles. The molecule has 3 aromatic carbocycles. The summed E-state index contributed by atoms with van der Waals surface area (Å²) in [5.74, 6) is -1.27. The van der Waals surface area contributed by atoms with Gasteiger partial charge in [-0.3, -0.25) is 4.79 Å². The molecule has 0 atom stereocenters. The number of nitrogens with zero attached hydrogens (tertiary/aromatic N) is 3. The quantitative estimate of drug-likeness (QED) is 0.304. The molecule has 6 aromatic rings. The van der Waals surface area contributed by atoms with E-state index < -0.39 is 5.97 Å². The van der Waals surface area contributed by atoms with Gasteiger partial charge in [0.1, 0.15) is 12.0 Å². The third-order valence-corrected chi connectivity index (χ3v) is 6.52. The highest BCUT2D eigenvalue weighted by Crippen LogP contribution is 2.26. The molecule has 1 amide bonds. The van der Waals surface area contributed by atoms with Gasteiger partial charge in [0.15, 0.2) is 0 Å². The van der Waals surface area contributed by atoms with Gasteiger partial charge in [0.2, 0.25) is 0 Å². The van der Waals surface area contributed by atoms with E-state index in [0.717, 1.165) is 27.8 Å². The van der Waals surface area contributed by atoms with Crippen LogP contribution in [0.25, 0.3) is 27.5 Å². The van der Waals surface area contributed by atoms with Crippen molar-refractivity contribution in [1.82, 2.24) is 19.9 Å². The van der Waals surface area contributed by atoms with Gasteiger partial charge in [-0.2, -0.15) is 0 Å². The Labute approximate surface area is 217 Å². The smallest absolute Gasteiger partial charge is 0.335 e. The Morgan fingerprint density at radius 3 is 2.47 bits per heavy atom. The molecule has 0 aliphatic heterocycles. The fraction of sp³-hybridized carbons (Fsp3) is 0.0667. The molecule has 8 heteroatoms. The number of aromatic nitrogens is 3. The van der Waals surface area contributed by atoms with Crippen LogP contribution in [0.4, 0.5) is 0 Å². The van der Waals surface area contributed by atoms with Crippen molar-refractivity contribution in [2.45, 2.75) is 13.0 Å². The number of nitrogens with one attached hydrogen (secondary N) is 1. The maximum atomic E-state index is 13.5. The Kier molecular flexibility index (Phi) is 5.89. The first-order chi connectivity index (χ1) is 18.5. The summed E-state index contributed by atoms with van der Waals surface area (Å²) in [6.45, 7) is 0.243. The highest BCUT2D eigenvalue weighted by atomic mass is 16.5. The van der Waals surface area contributed by atoms with Crippen molar-refractivity contribution in [3.05, 3.63) is 126 Å². The Bertz CT molecular complexity index is 1790. The number of carbonyl (C=O) groups is 2. The van der Waals surface area contributed by atoms with Crippen LogP contribution in [-0.4, -0.2) is 31.5 Å². The highest BCUT2D eigenvalue weighted by Gasteiger charge is 2.19. The Morgan fingerprint density at radius 2 is 1.71 bits per heavy atom. The predicted octanol–water partition coefficient (Wildman–Crippen LogP) is 5.36. The number of pyridine rings is 1. The third-order valence-electron chi connectivity index (χ3n) is 6.52. The minimum atomic E-state index is -0.993. The first-order valence-electron chi connectivity index (χ1n) is 12.0. The van der Waals surface area contributed by atoms with Crippen molar-refractivity contribution in [2.75, 3.05) is 0 Å². The van der Waals surface area contributed by atoms with E-state index in [1.807, 2.05) is 22.7 Å². The van der Waals surface area contributed by atoms with Gasteiger partial charge >= 0.3 is 5.97 Å². The summed E-state index contributed by atoms with van der Waals surface area (Å²) in [4.78, 5) is 29.3. The standard InChI is InChI=1S/C30H22N4O4/c35-29(31-16-19-5-9-22(10-6-19)30(36)37)25-15-24(26-11-12-38-33-26)17-34-18-32-27(28(25)34)14-20-7-8-21-3-1-2-4-23(21)13-20/h1-13,15,17-18H,14,16H2,(H,31,35)(H,36,37). The van der Waals surface area contributed by atoms with E-state index in [0.29, 0.717) is 23.2 Å². The lowest BCUT2D eigenvalue weighted by atomic mass is 10.0. The van der Waals surface area contributed by atoms with E-state index in [2.05, 4.69) is 45.8 Å². The first kappa shape index (κ1) is 23.2. The van der Waals surface area contributed by atoms with Gasteiger partial charge in [-0.15, -0.1) is 0 Å². The van der Waals surface area contributed by atoms with Crippen LogP contribution in [0.15, 0.2) is 102 Å². The Hall–Kier alpha value is -5.24. The maximum absolute atomic E-state index is 13.5. The Morgan fingerprint density at radius 1 is 0.921 bits per heavy atom. The van der Waals surface area contributed by atoms with Crippen molar-refractivity contribution < 1.29 is 19.2 Å². The molecule has 0 radical (unpaired) electrons. The second-order valence-corrected chi connectivity index (χ2v) is 9.02. The van der Waals surface area contributed by atoms with Crippen molar-refractivity contribution in [3.8, 4) is 11.3 Å². The Balaban J connectivity index is 1.35. The van der Waals surface area contributed by atoms with Crippen LogP contribution in [0, 0.1) is 0 Å². The molecule has 0 unspecified atom stereocenters. The van der Waals surface area contributed by atoms with Crippen LogP contribution in [0.2, 0.25) is 0 Å². The van der Waals surface area contributed by atoms with Crippen LogP contribution in [-0.2, 0) is 13.0 Å². The molecule has 0 aliphatic carbocycles. The zero-order chi connectivity index (χ0) is 26.1. The molecular weight excluding hydrogens is 480 g/mol. The SMILES string of the molecule is O=C(O)c1ccc(CNC(=O)c2cc(-c3ccon3)cn3cnc(Cc4ccc5ccccc5c4)c23)cc1. The van der Waals surface area contributed by atoms with E-state index in [9.17, 15) is 9.59 Å². The van der Waals surface area contributed by atoms with Gasteiger partial charge in [-0.05, 0) is 40.1 Å². The molecule has 0 bridgehead atoms. The van der Waals surface area contributed by atoms with E-state index in [4.69, 9.17) is 9.63 Å². The number of imidazole rings is 1. The normalized spacial score (nSPS) is 11.2. The molecule has 0 spiro atoms. The summed E-state index contributed by atoms with van der Waals surface area (Å²) in [6, 6.07) is 24.5. The van der Waals surface area contributed by atoms with E-state index in [-0.39, 0.29) is 18.0 Å². The summed E-state index contributed by atoms with van der Waals surface area (Å²) in [7, 11) is 0. The fourth-order valence-corrected chi connectivity index (χ4v) is 4.59. The second kappa shape index (κ2) is 9.67. The minimum absolute atomic E-state index is 0.194. The average Bonchev–Trinajstić information content (AvgIpc) is 3.62. The van der Waals surface area contributed by atoms with E-state index in [1.54, 1.807) is 30.6 Å². The predicted molar refractivity (Wildman–Crippen MR) is 142 cm³/mol. The lowest BCUT2D eigenvalue weighted by Gasteiger charge is -2.11. The van der Waals surface area contributed by atoms with Crippen LogP contribution in [0.3, 0.4) is 0 Å². The molecule has 0 aliphatic rings. The van der Waals surface area contributed by atoms with Crippen LogP contribution < -0.4 is 5.32 Å². The van der Waals surface area contributed by atoms with Gasteiger partial charge in [-0.1, -0.05) is 59.8 Å². The third kappa shape index (κ3) is 4.51. The number of hydrogen-bond donors (Lipinski definition) is 2. The summed E-state index contributed by atoms with van der Waals surface area (Å²) in [6.07, 6.45) is 5.63. The van der Waals surface area contributed by atoms with Crippen LogP contribution in [0.1, 0.15) is 37.5 Å². The van der Waals surface area contributed by atoms with E-state index in [1.165, 1.54) is 23.8 Å². The molecule has 8 nitrogen and oxygen atoms in total. The van der Waals surface area contributed by atoms with Gasteiger partial charge in [0, 0.05) is 30.8 Å². The summed E-state index contributed by atoms with van der Waals surface area (Å²) in [5, 5.41) is 18.4. The molecule has 0 fully saturated rings. The summed E-state index contributed by atoms with van der Waals surface area (Å²) >= 11 is 0. The monoisotopic (exact) mass is 502 g/mol. The number of amides is 1. The van der Waals surface area contributed by atoms with Crippen molar-refractivity contribution >= 4 is 28.2 Å². The maximum Gasteiger partial charge on any atom is 0.335 e. The van der Waals surface area contributed by atoms with Gasteiger partial charge < -0.3 is 19.3 Å². The van der Waals surface area contributed by atoms with Crippen LogP contribution >= 0.6 is 0 Å². The molecule has 186 valence electrons. The molecule has 6 rings (SSSR count). The number of rotatable bonds is 7. The van der Waals surface area contributed by atoms with Crippen molar-refractivity contribution in [3.63, 3.8) is 0 Å². The first-order valence-corrected chi connectivity index (χ1v) is 12.0. The number of carboxylic acid groups (broad SMARTS) is 1. The van der Waals surface area contributed by atoms with Crippen LogP contribution in [0.5, 0.6) is 0 Å². The topological polar surface area (TPSA) is 110 Å². The molecule has 2 N–H and O–H groups in total. The summed E-state index contributed by atoms with van der Waals surface area (Å²) < 4.78 is 6.86. The highest BCUT2D eigenvalue weighted by molar-refractivity contribution is 6.02. The number of fused-ring (bicyclic) bond motifs is 2. The summed E-state index contributed by atoms with van der Waals surface area (Å²) in [5.41, 5.74) is 5.35. The number of carbonyl (C=O) groups excluding carboxylic acids is 1. The fourth-order valence-electron chi connectivity index (χ4n) is 4.59. The molecular formula is C30H22N4O4. The molecule has 0 saturated heterocycles. The number of carboxylic acids is 1. The molecule has 38 heavy (non-hydrogen) atoms. The number of benzene rings is 3. The van der Waals surface area contributed by atoms with Gasteiger partial charge in [0.25, 0.3) is 5.91 Å². The van der Waals surface area contributed by atoms with Crippen molar-refractivity contribution in [1.29, 1.82) is 0 Å². The van der Waals surface area contributed by atoms with Crippen molar-refractivity contribution in [2.24, 2.45) is 0 Å². The van der Waals surface area contributed by atoms with E-state index >= 15 is 0 Å². The second-order valence-electron chi connectivity index (χ2n) is 9.02. The lowest BCUT2D eigenvalue weighted by Crippen LogP contribution is -2.23.